The molecule has 0 aliphatic heterocycles. The van der Waals surface area contributed by atoms with Crippen LogP contribution < -0.4 is 0 Å². The second-order valence-corrected chi connectivity index (χ2v) is 4.50. The molecule has 0 nitrogen and oxygen atoms in total. The Balaban J connectivity index is 2.19. The van der Waals surface area contributed by atoms with E-state index in [1.54, 1.807) is 11.3 Å². The molecule has 0 fully saturated rings. The zero-order chi connectivity index (χ0) is 9.10. The third-order valence-corrected chi connectivity index (χ3v) is 2.99. The minimum atomic E-state index is 0.999. The van der Waals surface area contributed by atoms with Crippen molar-refractivity contribution in [2.75, 3.05) is 0 Å². The van der Waals surface area contributed by atoms with Gasteiger partial charge < -0.3 is 0 Å². The Morgan fingerprint density at radius 1 is 1.31 bits per heavy atom. The van der Waals surface area contributed by atoms with Crippen LogP contribution in [-0.2, 0) is 6.42 Å². The van der Waals surface area contributed by atoms with Crippen LogP contribution in [0.2, 0.25) is 0 Å². The standard InChI is InChI=1S/C11H8BrS/c12-11-3-1-2-9(7-11)6-10-4-5-13-8-10/h1-4,7-8H,6H2. The van der Waals surface area contributed by atoms with Crippen molar-refractivity contribution in [1.82, 2.24) is 0 Å². The van der Waals surface area contributed by atoms with Gasteiger partial charge >= 0.3 is 0 Å². The molecule has 65 valence electrons. The lowest BCUT2D eigenvalue weighted by atomic mass is 10.1. The Morgan fingerprint density at radius 2 is 2.23 bits per heavy atom. The zero-order valence-electron chi connectivity index (χ0n) is 6.96. The monoisotopic (exact) mass is 251 g/mol. The first kappa shape index (κ1) is 8.97. The highest BCUT2D eigenvalue weighted by atomic mass is 79.9. The number of halogens is 1. The maximum absolute atomic E-state index is 3.46. The third kappa shape index (κ3) is 2.42. The van der Waals surface area contributed by atoms with Gasteiger partial charge in [-0.05, 0) is 41.1 Å². The Kier molecular flexibility index (Phi) is 2.81. The van der Waals surface area contributed by atoms with Crippen LogP contribution in [0.15, 0.2) is 40.2 Å². The maximum Gasteiger partial charge on any atom is 0.0445 e. The van der Waals surface area contributed by atoms with Crippen molar-refractivity contribution in [1.29, 1.82) is 0 Å². The van der Waals surface area contributed by atoms with E-state index in [1.807, 2.05) is 12.1 Å². The van der Waals surface area contributed by atoms with Crippen molar-refractivity contribution in [3.05, 3.63) is 56.7 Å². The van der Waals surface area contributed by atoms with Crippen LogP contribution in [0.5, 0.6) is 0 Å². The first-order valence-electron chi connectivity index (χ1n) is 4.02. The Hall–Kier alpha value is -0.600. The SMILES string of the molecule is Brc1cccc(Cc2c[c]sc2)c1. The Labute approximate surface area is 90.4 Å². The smallest absolute Gasteiger partial charge is 0.0445 e. The summed E-state index contributed by atoms with van der Waals surface area (Å²) in [5.41, 5.74) is 2.67. The van der Waals surface area contributed by atoms with E-state index in [2.05, 4.69) is 44.9 Å². The quantitative estimate of drug-likeness (QED) is 0.760. The molecule has 2 aromatic rings. The molecule has 0 bridgehead atoms. The van der Waals surface area contributed by atoms with Crippen molar-refractivity contribution in [3.63, 3.8) is 0 Å². The summed E-state index contributed by atoms with van der Waals surface area (Å²) >= 11 is 5.09. The van der Waals surface area contributed by atoms with Crippen molar-refractivity contribution in [2.45, 2.75) is 6.42 Å². The van der Waals surface area contributed by atoms with Crippen LogP contribution in [0.1, 0.15) is 11.1 Å². The molecule has 0 aliphatic rings. The largest absolute Gasteiger partial charge is 0.143 e. The van der Waals surface area contributed by atoms with E-state index in [0.717, 1.165) is 10.9 Å². The molecule has 1 heterocycles. The fourth-order valence-electron chi connectivity index (χ4n) is 1.23. The summed E-state index contributed by atoms with van der Waals surface area (Å²) in [5.74, 6) is 0. The predicted octanol–water partition coefficient (Wildman–Crippen LogP) is 3.90. The Morgan fingerprint density at radius 3 is 2.92 bits per heavy atom. The average Bonchev–Trinajstić information content (AvgIpc) is 2.57. The Bertz CT molecular complexity index is 379. The zero-order valence-corrected chi connectivity index (χ0v) is 9.36. The first-order valence-corrected chi connectivity index (χ1v) is 5.70. The normalized spacial score (nSPS) is 10.2. The van der Waals surface area contributed by atoms with Gasteiger partial charge in [0, 0.05) is 9.85 Å². The number of rotatable bonds is 2. The lowest BCUT2D eigenvalue weighted by Crippen LogP contribution is -1.84. The first-order chi connectivity index (χ1) is 6.34. The number of hydrogen-bond donors (Lipinski definition) is 0. The summed E-state index contributed by atoms with van der Waals surface area (Å²) in [7, 11) is 0. The average molecular weight is 252 g/mol. The highest BCUT2D eigenvalue weighted by Gasteiger charge is 1.96. The molecular formula is C11H8BrS. The summed E-state index contributed by atoms with van der Waals surface area (Å²) < 4.78 is 1.14. The molecule has 0 aliphatic carbocycles. The van der Waals surface area contributed by atoms with E-state index in [4.69, 9.17) is 0 Å². The number of hydrogen-bond acceptors (Lipinski definition) is 1. The van der Waals surface area contributed by atoms with Crippen molar-refractivity contribution < 1.29 is 0 Å². The second kappa shape index (κ2) is 4.07. The molecule has 1 aromatic heterocycles. The minimum absolute atomic E-state index is 0.999. The highest BCUT2D eigenvalue weighted by Crippen LogP contribution is 2.16. The summed E-state index contributed by atoms with van der Waals surface area (Å²) in [6.45, 7) is 0. The van der Waals surface area contributed by atoms with Gasteiger partial charge in [-0.2, -0.15) is 0 Å². The molecule has 2 heteroatoms. The summed E-state index contributed by atoms with van der Waals surface area (Å²) in [6.07, 6.45) is 0.999. The van der Waals surface area contributed by atoms with Gasteiger partial charge in [-0.1, -0.05) is 28.1 Å². The molecule has 2 rings (SSSR count). The second-order valence-electron chi connectivity index (χ2n) is 2.88. The molecule has 0 unspecified atom stereocenters. The molecule has 0 saturated carbocycles. The summed E-state index contributed by atoms with van der Waals surface area (Å²) in [4.78, 5) is 0. The topological polar surface area (TPSA) is 0 Å². The van der Waals surface area contributed by atoms with Crippen LogP contribution in [0.4, 0.5) is 0 Å². The van der Waals surface area contributed by atoms with Gasteiger partial charge in [-0.15, -0.1) is 11.3 Å². The lowest BCUT2D eigenvalue weighted by molar-refractivity contribution is 1.21. The van der Waals surface area contributed by atoms with E-state index in [9.17, 15) is 0 Å². The molecular weight excluding hydrogens is 244 g/mol. The number of benzene rings is 1. The minimum Gasteiger partial charge on any atom is -0.143 e. The molecule has 1 aromatic carbocycles. The van der Waals surface area contributed by atoms with Gasteiger partial charge in [0.05, 0.1) is 0 Å². The molecule has 1 radical (unpaired) electrons. The van der Waals surface area contributed by atoms with Crippen LogP contribution in [0, 0.1) is 5.38 Å². The van der Waals surface area contributed by atoms with Crippen LogP contribution in [-0.4, -0.2) is 0 Å². The van der Waals surface area contributed by atoms with E-state index < -0.39 is 0 Å². The van der Waals surface area contributed by atoms with E-state index >= 15 is 0 Å². The molecule has 0 amide bonds. The van der Waals surface area contributed by atoms with Gasteiger partial charge in [0.2, 0.25) is 0 Å². The van der Waals surface area contributed by atoms with Crippen molar-refractivity contribution >= 4 is 27.3 Å². The van der Waals surface area contributed by atoms with Gasteiger partial charge in [0.25, 0.3) is 0 Å². The van der Waals surface area contributed by atoms with Crippen LogP contribution >= 0.6 is 27.3 Å². The van der Waals surface area contributed by atoms with Crippen LogP contribution in [0.25, 0.3) is 0 Å². The van der Waals surface area contributed by atoms with Gasteiger partial charge in [-0.3, -0.25) is 0 Å². The highest BCUT2D eigenvalue weighted by molar-refractivity contribution is 9.10. The molecule has 13 heavy (non-hydrogen) atoms. The predicted molar refractivity (Wildman–Crippen MR) is 60.1 cm³/mol. The van der Waals surface area contributed by atoms with E-state index in [1.165, 1.54) is 11.1 Å². The molecule has 0 N–H and O–H groups in total. The molecule has 0 atom stereocenters. The van der Waals surface area contributed by atoms with Gasteiger partial charge in [0.1, 0.15) is 0 Å². The molecule has 0 saturated heterocycles. The van der Waals surface area contributed by atoms with Crippen LogP contribution in [0.3, 0.4) is 0 Å². The van der Waals surface area contributed by atoms with Crippen molar-refractivity contribution in [3.8, 4) is 0 Å². The summed E-state index contributed by atoms with van der Waals surface area (Å²) in [5, 5.41) is 5.23. The number of thiophene rings is 1. The van der Waals surface area contributed by atoms with Gasteiger partial charge in [-0.25, -0.2) is 0 Å². The third-order valence-electron chi connectivity index (χ3n) is 1.82. The summed E-state index contributed by atoms with van der Waals surface area (Å²) in [6, 6.07) is 10.4. The van der Waals surface area contributed by atoms with Crippen molar-refractivity contribution in [2.24, 2.45) is 0 Å². The maximum atomic E-state index is 3.46. The fraction of sp³-hybridized carbons (Fsp3) is 0.0909. The molecule has 0 spiro atoms. The van der Waals surface area contributed by atoms with E-state index in [-0.39, 0.29) is 0 Å². The van der Waals surface area contributed by atoms with E-state index in [0.29, 0.717) is 0 Å². The fourth-order valence-corrected chi connectivity index (χ4v) is 2.27. The van der Waals surface area contributed by atoms with Gasteiger partial charge in [0.15, 0.2) is 0 Å². The lowest BCUT2D eigenvalue weighted by Gasteiger charge is -1.98.